The number of amides is 1. The quantitative estimate of drug-likeness (QED) is 0.710. The van der Waals surface area contributed by atoms with E-state index in [1.165, 1.54) is 0 Å². The van der Waals surface area contributed by atoms with E-state index in [4.69, 9.17) is 0 Å². The average molecular weight is 403 g/mol. The molecule has 7 heteroatoms. The Morgan fingerprint density at radius 1 is 1.17 bits per heavy atom. The lowest BCUT2D eigenvalue weighted by molar-refractivity contribution is -0.134. The predicted molar refractivity (Wildman–Crippen MR) is 113 cm³/mol. The van der Waals surface area contributed by atoms with E-state index in [9.17, 15) is 9.59 Å². The molecule has 0 radical (unpaired) electrons. The maximum Gasteiger partial charge on any atom is 0.251 e. The fourth-order valence-electron chi connectivity index (χ4n) is 4.88. The van der Waals surface area contributed by atoms with E-state index >= 15 is 0 Å². The Balaban J connectivity index is 1.33. The minimum atomic E-state index is 0.0425. The number of H-pyrrole nitrogens is 1. The summed E-state index contributed by atoms with van der Waals surface area (Å²) in [5.41, 5.74) is 4.08. The van der Waals surface area contributed by atoms with Crippen molar-refractivity contribution in [1.29, 1.82) is 0 Å². The topological polar surface area (TPSA) is 83.9 Å². The standard InChI is InChI=1S/C23H25N5O2/c29-22(5-1-3-16-10-25-26-11-16)27-13-17-7-20(15-27)21-8-19(9-23(30)28(21)14-17)18-4-2-6-24-12-18/h2,4,6,8-12,17,20H,1,3,5,7,13-15H2,(H,25,26)/t17-,20+/m0/s1. The van der Waals surface area contributed by atoms with Gasteiger partial charge in [-0.25, -0.2) is 0 Å². The average Bonchev–Trinajstić information content (AvgIpc) is 3.28. The molecule has 2 bridgehead atoms. The van der Waals surface area contributed by atoms with Crippen LogP contribution in [0.15, 0.2) is 53.8 Å². The highest BCUT2D eigenvalue weighted by atomic mass is 16.2. The van der Waals surface area contributed by atoms with E-state index in [2.05, 4.69) is 21.2 Å². The number of carbonyl (C=O) groups excluding carboxylic acids is 1. The number of nitrogens with zero attached hydrogens (tertiary/aromatic N) is 4. The van der Waals surface area contributed by atoms with Crippen LogP contribution in [0.5, 0.6) is 0 Å². The molecule has 1 N–H and O–H groups in total. The molecule has 2 aliphatic rings. The molecule has 0 saturated carbocycles. The van der Waals surface area contributed by atoms with Crippen molar-refractivity contribution in [3.8, 4) is 11.1 Å². The van der Waals surface area contributed by atoms with Crippen molar-refractivity contribution >= 4 is 5.91 Å². The molecule has 3 aromatic rings. The molecule has 0 unspecified atom stereocenters. The predicted octanol–water partition coefficient (Wildman–Crippen LogP) is 2.60. The number of rotatable bonds is 5. The third-order valence-electron chi connectivity index (χ3n) is 6.31. The van der Waals surface area contributed by atoms with E-state index < -0.39 is 0 Å². The summed E-state index contributed by atoms with van der Waals surface area (Å²) in [5.74, 6) is 0.767. The molecule has 0 aromatic carbocycles. The second-order valence-corrected chi connectivity index (χ2v) is 8.42. The number of hydrogen-bond donors (Lipinski definition) is 1. The molecule has 5 heterocycles. The van der Waals surface area contributed by atoms with Crippen LogP contribution in [0.1, 0.15) is 36.4 Å². The summed E-state index contributed by atoms with van der Waals surface area (Å²) in [6.07, 6.45) is 10.5. The second kappa shape index (κ2) is 7.89. The lowest BCUT2D eigenvalue weighted by atomic mass is 9.82. The Labute approximate surface area is 174 Å². The number of aryl methyl sites for hydroxylation is 1. The van der Waals surface area contributed by atoms with E-state index in [-0.39, 0.29) is 17.4 Å². The first-order valence-corrected chi connectivity index (χ1v) is 10.6. The van der Waals surface area contributed by atoms with E-state index in [1.54, 1.807) is 18.5 Å². The fraction of sp³-hybridized carbons (Fsp3) is 0.391. The zero-order chi connectivity index (χ0) is 20.5. The van der Waals surface area contributed by atoms with Gasteiger partial charge in [0.1, 0.15) is 0 Å². The summed E-state index contributed by atoms with van der Waals surface area (Å²) in [6, 6.07) is 7.68. The molecule has 30 heavy (non-hydrogen) atoms. The summed E-state index contributed by atoms with van der Waals surface area (Å²) >= 11 is 0. The Morgan fingerprint density at radius 2 is 2.10 bits per heavy atom. The summed E-state index contributed by atoms with van der Waals surface area (Å²) in [4.78, 5) is 31.9. The van der Waals surface area contributed by atoms with Crippen molar-refractivity contribution < 1.29 is 4.79 Å². The molecule has 3 aromatic heterocycles. The molecule has 2 aliphatic heterocycles. The van der Waals surface area contributed by atoms with Crippen LogP contribution in [0.2, 0.25) is 0 Å². The zero-order valence-electron chi connectivity index (χ0n) is 16.8. The Kier molecular flexibility index (Phi) is 4.94. The van der Waals surface area contributed by atoms with Crippen LogP contribution in [-0.4, -0.2) is 43.6 Å². The van der Waals surface area contributed by atoms with Gasteiger partial charge in [0.05, 0.1) is 6.20 Å². The summed E-state index contributed by atoms with van der Waals surface area (Å²) in [5, 5.41) is 6.76. The molecule has 1 amide bonds. The molecule has 7 nitrogen and oxygen atoms in total. The number of nitrogens with one attached hydrogen (secondary N) is 1. The SMILES string of the molecule is O=C(CCCc1cn[nH]c1)N1C[C@@H]2C[C@H](C1)c1cc(-c3cccnc3)cc(=O)n1C2. The smallest absolute Gasteiger partial charge is 0.251 e. The second-order valence-electron chi connectivity index (χ2n) is 8.42. The number of fused-ring (bicyclic) bond motifs is 4. The van der Waals surface area contributed by atoms with Gasteiger partial charge in [-0.15, -0.1) is 0 Å². The van der Waals surface area contributed by atoms with Gasteiger partial charge in [-0.3, -0.25) is 19.7 Å². The van der Waals surface area contributed by atoms with Crippen LogP contribution in [0.4, 0.5) is 0 Å². The Hall–Kier alpha value is -3.22. The van der Waals surface area contributed by atoms with E-state index in [0.717, 1.165) is 48.2 Å². The van der Waals surface area contributed by atoms with Gasteiger partial charge in [-0.2, -0.15) is 5.10 Å². The fourth-order valence-corrected chi connectivity index (χ4v) is 4.88. The Bertz CT molecular complexity index is 1090. The molecule has 1 saturated heterocycles. The van der Waals surface area contributed by atoms with Crippen LogP contribution < -0.4 is 5.56 Å². The number of piperidine rings is 1. The van der Waals surface area contributed by atoms with E-state index in [0.29, 0.717) is 25.4 Å². The molecule has 5 rings (SSSR count). The third kappa shape index (κ3) is 3.67. The van der Waals surface area contributed by atoms with Crippen molar-refractivity contribution in [3.63, 3.8) is 0 Å². The van der Waals surface area contributed by atoms with Crippen molar-refractivity contribution in [1.82, 2.24) is 24.6 Å². The van der Waals surface area contributed by atoms with Gasteiger partial charge in [0.2, 0.25) is 5.91 Å². The van der Waals surface area contributed by atoms with Crippen LogP contribution in [0.3, 0.4) is 0 Å². The maximum atomic E-state index is 12.9. The first-order valence-electron chi connectivity index (χ1n) is 10.6. The van der Waals surface area contributed by atoms with Gasteiger partial charge < -0.3 is 9.47 Å². The molecule has 1 fully saturated rings. The zero-order valence-corrected chi connectivity index (χ0v) is 16.8. The summed E-state index contributed by atoms with van der Waals surface area (Å²) in [6.45, 7) is 2.13. The third-order valence-corrected chi connectivity index (χ3v) is 6.31. The van der Waals surface area contributed by atoms with Gasteiger partial charge in [0.15, 0.2) is 0 Å². The molecule has 154 valence electrons. The van der Waals surface area contributed by atoms with Gasteiger partial charge in [-0.1, -0.05) is 6.07 Å². The van der Waals surface area contributed by atoms with Gasteiger partial charge in [-0.05, 0) is 48.4 Å². The lowest BCUT2D eigenvalue weighted by Gasteiger charge is -2.43. The minimum absolute atomic E-state index is 0.0425. The number of carbonyl (C=O) groups is 1. The van der Waals surface area contributed by atoms with Crippen LogP contribution >= 0.6 is 0 Å². The molecular formula is C23H25N5O2. The van der Waals surface area contributed by atoms with Crippen molar-refractivity contribution in [3.05, 3.63) is 70.7 Å². The van der Waals surface area contributed by atoms with Gasteiger partial charge >= 0.3 is 0 Å². The van der Waals surface area contributed by atoms with Gasteiger partial charge in [0, 0.05) is 67.9 Å². The molecule has 2 atom stereocenters. The van der Waals surface area contributed by atoms with Crippen LogP contribution in [0.25, 0.3) is 11.1 Å². The highest BCUT2D eigenvalue weighted by molar-refractivity contribution is 5.76. The lowest BCUT2D eigenvalue weighted by Crippen LogP contribution is -2.49. The first kappa shape index (κ1) is 18.8. The summed E-state index contributed by atoms with van der Waals surface area (Å²) in [7, 11) is 0. The van der Waals surface area contributed by atoms with Crippen molar-refractivity contribution in [2.24, 2.45) is 5.92 Å². The van der Waals surface area contributed by atoms with Crippen LogP contribution in [0, 0.1) is 5.92 Å². The normalized spacial score (nSPS) is 20.1. The number of hydrogen-bond acceptors (Lipinski definition) is 4. The van der Waals surface area contributed by atoms with Gasteiger partial charge in [0.25, 0.3) is 5.56 Å². The highest BCUT2D eigenvalue weighted by Gasteiger charge is 2.36. The maximum absolute atomic E-state index is 12.9. The van der Waals surface area contributed by atoms with Crippen molar-refractivity contribution in [2.75, 3.05) is 13.1 Å². The number of likely N-dealkylation sites (tertiary alicyclic amines) is 1. The highest BCUT2D eigenvalue weighted by Crippen LogP contribution is 2.36. The number of aromatic nitrogens is 4. The minimum Gasteiger partial charge on any atom is -0.342 e. The molecule has 0 aliphatic carbocycles. The van der Waals surface area contributed by atoms with E-state index in [1.807, 2.05) is 34.0 Å². The number of aromatic amines is 1. The number of pyridine rings is 2. The largest absolute Gasteiger partial charge is 0.342 e. The molecule has 0 spiro atoms. The van der Waals surface area contributed by atoms with Crippen LogP contribution in [-0.2, 0) is 17.8 Å². The van der Waals surface area contributed by atoms with Crippen molar-refractivity contribution in [2.45, 2.75) is 38.1 Å². The Morgan fingerprint density at radius 3 is 2.90 bits per heavy atom. The summed E-state index contributed by atoms with van der Waals surface area (Å²) < 4.78 is 1.92. The molecular weight excluding hydrogens is 378 g/mol. The first-order chi connectivity index (χ1) is 14.7. The monoisotopic (exact) mass is 403 g/mol.